The van der Waals surface area contributed by atoms with Crippen LogP contribution in [0.25, 0.3) is 0 Å². The Morgan fingerprint density at radius 3 is 1.40 bits per heavy atom. The summed E-state index contributed by atoms with van der Waals surface area (Å²) in [5.41, 5.74) is 5.71. The van der Waals surface area contributed by atoms with Gasteiger partial charge >= 0.3 is 0 Å². The second-order valence-electron chi connectivity index (χ2n) is 17.1. The zero-order valence-corrected chi connectivity index (χ0v) is 36.0. The van der Waals surface area contributed by atoms with E-state index in [9.17, 15) is 22.8 Å². The van der Waals surface area contributed by atoms with E-state index in [2.05, 4.69) is 46.9 Å². The zero-order valence-electron chi connectivity index (χ0n) is 35.2. The highest BCUT2D eigenvalue weighted by Crippen LogP contribution is 2.52. The molecule has 3 aliphatic carbocycles. The maximum atomic E-state index is 11.5. The molecule has 4 fully saturated rings. The average Bonchev–Trinajstić information content (AvgIpc) is 4.15. The minimum absolute atomic E-state index is 0.00811. The van der Waals surface area contributed by atoms with Gasteiger partial charge in [-0.3, -0.25) is 38.4 Å². The Kier molecular flexibility index (Phi) is 14.4. The zero-order chi connectivity index (χ0) is 43.0. The van der Waals surface area contributed by atoms with Gasteiger partial charge in [0.15, 0.2) is 0 Å². The van der Waals surface area contributed by atoms with E-state index in [1.807, 2.05) is 30.5 Å². The predicted molar refractivity (Wildman–Crippen MR) is 226 cm³/mol. The standard InChI is InChI=1S/C20H25N5O.C13H17NO4S.C12H15NO2/c1-16(26)13-20(5-6-20)18-4-3-17(14-23-18)15-24-9-11-25(12-10-24)19-21-7-2-8-22-19;1-10(15)7-13(5-6-13)12-4-3-11(8-14-12)9-18-19(2,16)17;1-9(15)6-12(4-5-12)11-3-2-10(8-14)7-13-11/h2-4,7-8,14H,5-6,9-13,15H2,1H3;3-4,8H,5-7,9H2,1-2H3;2-3,7,14H,4-6,8H2,1H3. The maximum absolute atomic E-state index is 11.5. The molecule has 0 spiro atoms. The number of carbonyl (C=O) groups excluding carboxylic acids is 3. The highest BCUT2D eigenvalue weighted by atomic mass is 32.2. The fraction of sp³-hybridized carbons (Fsp3) is 0.511. The number of rotatable bonds is 16. The maximum Gasteiger partial charge on any atom is 0.264 e. The van der Waals surface area contributed by atoms with Crippen LogP contribution < -0.4 is 4.90 Å². The molecule has 1 aliphatic heterocycles. The van der Waals surface area contributed by atoms with Crippen LogP contribution in [-0.2, 0) is 64.7 Å². The number of hydrogen-bond acceptors (Lipinski definition) is 14. The van der Waals surface area contributed by atoms with Crippen LogP contribution in [-0.4, -0.2) is 93.1 Å². The van der Waals surface area contributed by atoms with Crippen LogP contribution in [0.15, 0.2) is 73.4 Å². The lowest BCUT2D eigenvalue weighted by Gasteiger charge is -2.34. The summed E-state index contributed by atoms with van der Waals surface area (Å²) < 4.78 is 26.5. The van der Waals surface area contributed by atoms with E-state index in [1.54, 1.807) is 51.6 Å². The number of ketones is 3. The summed E-state index contributed by atoms with van der Waals surface area (Å²) in [6.45, 7) is 9.69. The van der Waals surface area contributed by atoms with Gasteiger partial charge in [0.05, 0.1) is 19.5 Å². The van der Waals surface area contributed by atoms with Gasteiger partial charge in [0, 0.05) is 116 Å². The van der Waals surface area contributed by atoms with Crippen LogP contribution >= 0.6 is 0 Å². The number of aliphatic hydroxyl groups is 1. The molecule has 0 atom stereocenters. The van der Waals surface area contributed by atoms with Gasteiger partial charge in [0.25, 0.3) is 10.1 Å². The number of nitrogens with zero attached hydrogens (tertiary/aromatic N) is 7. The fourth-order valence-electron chi connectivity index (χ4n) is 7.93. The number of pyridine rings is 3. The van der Waals surface area contributed by atoms with Crippen molar-refractivity contribution in [2.45, 2.75) is 115 Å². The molecule has 0 aromatic carbocycles. The van der Waals surface area contributed by atoms with Gasteiger partial charge in [-0.1, -0.05) is 18.2 Å². The molecule has 0 unspecified atom stereocenters. The van der Waals surface area contributed by atoms with Crippen LogP contribution in [0.2, 0.25) is 0 Å². The molecule has 14 nitrogen and oxygen atoms in total. The van der Waals surface area contributed by atoms with E-state index in [0.717, 1.165) is 106 Å². The minimum Gasteiger partial charge on any atom is -0.392 e. The molecule has 4 aromatic rings. The van der Waals surface area contributed by atoms with E-state index in [1.165, 1.54) is 5.56 Å². The average molecular weight is 840 g/mol. The van der Waals surface area contributed by atoms with Gasteiger partial charge in [-0.15, -0.1) is 0 Å². The van der Waals surface area contributed by atoms with Gasteiger partial charge < -0.3 is 10.0 Å². The Morgan fingerprint density at radius 1 is 0.633 bits per heavy atom. The molecule has 5 heterocycles. The number of anilines is 1. The molecule has 3 saturated carbocycles. The summed E-state index contributed by atoms with van der Waals surface area (Å²) in [6, 6.07) is 13.6. The van der Waals surface area contributed by atoms with Crippen molar-refractivity contribution in [3.63, 3.8) is 0 Å². The highest BCUT2D eigenvalue weighted by molar-refractivity contribution is 7.85. The Balaban J connectivity index is 0.000000158. The number of Topliss-reactive ketones (excluding diaryl/α,β-unsaturated/α-hetero) is 3. The number of carbonyl (C=O) groups is 3. The summed E-state index contributed by atoms with van der Waals surface area (Å²) in [7, 11) is -3.44. The third-order valence-electron chi connectivity index (χ3n) is 11.7. The molecule has 0 bridgehead atoms. The first kappa shape index (κ1) is 44.7. The normalized spacial score (nSPS) is 18.2. The van der Waals surface area contributed by atoms with Crippen molar-refractivity contribution in [2.75, 3.05) is 37.3 Å². The molecule has 8 rings (SSSR count). The third kappa shape index (κ3) is 12.6. The predicted octanol–water partition coefficient (Wildman–Crippen LogP) is 5.36. The number of piperazine rings is 1. The van der Waals surface area contributed by atoms with E-state index in [-0.39, 0.29) is 46.8 Å². The molecule has 15 heteroatoms. The van der Waals surface area contributed by atoms with Gasteiger partial charge in [0.1, 0.15) is 17.3 Å². The first-order valence-corrected chi connectivity index (χ1v) is 22.5. The Bertz CT molecular complexity index is 2180. The van der Waals surface area contributed by atoms with Crippen LogP contribution in [0, 0.1) is 0 Å². The van der Waals surface area contributed by atoms with Crippen LogP contribution in [0.3, 0.4) is 0 Å². The number of aromatic nitrogens is 5. The largest absolute Gasteiger partial charge is 0.392 e. The lowest BCUT2D eigenvalue weighted by molar-refractivity contribution is -0.118. The lowest BCUT2D eigenvalue weighted by atomic mass is 9.95. The van der Waals surface area contributed by atoms with Gasteiger partial charge in [0.2, 0.25) is 5.95 Å². The minimum atomic E-state index is -3.44. The van der Waals surface area contributed by atoms with Gasteiger partial charge in [-0.05, 0) is 100 Å². The third-order valence-corrected chi connectivity index (χ3v) is 12.2. The van der Waals surface area contributed by atoms with Crippen LogP contribution in [0.4, 0.5) is 5.95 Å². The van der Waals surface area contributed by atoms with Crippen LogP contribution in [0.5, 0.6) is 0 Å². The second-order valence-corrected chi connectivity index (χ2v) is 18.7. The molecule has 4 aliphatic rings. The first-order valence-electron chi connectivity index (χ1n) is 20.7. The molecule has 0 radical (unpaired) electrons. The first-order chi connectivity index (χ1) is 28.6. The Morgan fingerprint density at radius 2 is 1.05 bits per heavy atom. The van der Waals surface area contributed by atoms with Crippen molar-refractivity contribution in [1.29, 1.82) is 0 Å². The SMILES string of the molecule is CC(=O)CC1(c2ccc(CN3CCN(c4ncccn4)CC3)cn2)CC1.CC(=O)CC1(c2ccc(CO)cn2)CC1.CC(=O)CC1(c2ccc(COS(C)(=O)=O)cn2)CC1. The summed E-state index contributed by atoms with van der Waals surface area (Å²) in [5, 5.41) is 8.90. The monoisotopic (exact) mass is 839 g/mol. The van der Waals surface area contributed by atoms with Crippen molar-refractivity contribution in [3.05, 3.63) is 107 Å². The van der Waals surface area contributed by atoms with Crippen molar-refractivity contribution < 1.29 is 32.1 Å². The molecule has 1 N–H and O–H groups in total. The highest BCUT2D eigenvalue weighted by Gasteiger charge is 2.47. The second kappa shape index (κ2) is 19.3. The molecule has 1 saturated heterocycles. The molecular weight excluding hydrogens is 783 g/mol. The Labute approximate surface area is 353 Å². The smallest absolute Gasteiger partial charge is 0.264 e. The Hall–Kier alpha value is -4.83. The van der Waals surface area contributed by atoms with Crippen LogP contribution in [0.1, 0.15) is 112 Å². The van der Waals surface area contributed by atoms with E-state index < -0.39 is 10.1 Å². The molecule has 0 amide bonds. The van der Waals surface area contributed by atoms with E-state index in [0.29, 0.717) is 24.8 Å². The molecule has 4 aromatic heterocycles. The molecule has 320 valence electrons. The van der Waals surface area contributed by atoms with Crippen molar-refractivity contribution in [1.82, 2.24) is 29.8 Å². The van der Waals surface area contributed by atoms with Gasteiger partial charge in [-0.2, -0.15) is 8.42 Å². The summed E-state index contributed by atoms with van der Waals surface area (Å²) in [6.07, 6.45) is 17.9. The van der Waals surface area contributed by atoms with Crippen molar-refractivity contribution in [3.8, 4) is 0 Å². The quantitative estimate of drug-likeness (QED) is 0.142. The van der Waals surface area contributed by atoms with Crippen molar-refractivity contribution in [2.24, 2.45) is 0 Å². The lowest BCUT2D eigenvalue weighted by Crippen LogP contribution is -2.46. The number of hydrogen-bond donors (Lipinski definition) is 1. The molecule has 60 heavy (non-hydrogen) atoms. The fourth-order valence-corrected chi connectivity index (χ4v) is 8.28. The van der Waals surface area contributed by atoms with Gasteiger partial charge in [-0.25, -0.2) is 9.97 Å². The summed E-state index contributed by atoms with van der Waals surface area (Å²) in [4.78, 5) is 60.5. The molecular formula is C45H57N7O7S. The van der Waals surface area contributed by atoms with E-state index >= 15 is 0 Å². The topological polar surface area (TPSA) is 186 Å². The summed E-state index contributed by atoms with van der Waals surface area (Å²) in [5.74, 6) is 1.47. The van der Waals surface area contributed by atoms with Crippen molar-refractivity contribution >= 4 is 33.4 Å². The number of aliphatic hydroxyl groups excluding tert-OH is 1. The van der Waals surface area contributed by atoms with E-state index in [4.69, 9.17) is 9.29 Å². The summed E-state index contributed by atoms with van der Waals surface area (Å²) >= 11 is 0.